The van der Waals surface area contributed by atoms with Crippen molar-refractivity contribution in [3.8, 4) is 0 Å². The molecular weight excluding hydrogens is 216 g/mol. The van der Waals surface area contributed by atoms with Crippen molar-refractivity contribution in [1.29, 1.82) is 0 Å². The van der Waals surface area contributed by atoms with Gasteiger partial charge in [0.05, 0.1) is 0 Å². The molecule has 0 atom stereocenters. The molecule has 0 aromatic heterocycles. The van der Waals surface area contributed by atoms with Crippen LogP contribution in [0.1, 0.15) is 32.1 Å². The first-order valence-corrected chi connectivity index (χ1v) is 7.88. The molecule has 82 valence electrons. The van der Waals surface area contributed by atoms with Crippen LogP contribution >= 0.6 is 11.6 Å². The summed E-state index contributed by atoms with van der Waals surface area (Å²) >= 11 is 6.04. The Morgan fingerprint density at radius 1 is 1.07 bits per heavy atom. The van der Waals surface area contributed by atoms with Crippen molar-refractivity contribution in [2.24, 2.45) is 0 Å². The van der Waals surface area contributed by atoms with Crippen LogP contribution in [0.5, 0.6) is 0 Å². The first kappa shape index (κ1) is 10.9. The number of rotatable bonds is 4. The maximum Gasteiger partial charge on any atom is 0.344 e. The number of halogens is 1. The zero-order valence-electron chi connectivity index (χ0n) is 8.96. The highest BCUT2D eigenvalue weighted by atomic mass is 35.5. The van der Waals surface area contributed by atoms with Gasteiger partial charge in [-0.25, -0.2) is 0 Å². The Morgan fingerprint density at radius 3 is 1.93 bits per heavy atom. The zero-order chi connectivity index (χ0) is 10.2. The summed E-state index contributed by atoms with van der Waals surface area (Å²) in [4.78, 5) is 0. The summed E-state index contributed by atoms with van der Waals surface area (Å²) < 4.78 is 11.6. The summed E-state index contributed by atoms with van der Waals surface area (Å²) in [5.41, 5.74) is 1.37. The van der Waals surface area contributed by atoms with Crippen LogP contribution in [0.15, 0.2) is 0 Å². The number of alkyl halides is 1. The molecule has 0 unspecified atom stereocenters. The summed E-state index contributed by atoms with van der Waals surface area (Å²) in [6, 6.07) is 0. The van der Waals surface area contributed by atoms with Gasteiger partial charge in [0.1, 0.15) is 0 Å². The number of hydrogen-bond donors (Lipinski definition) is 0. The molecule has 2 aliphatic rings. The molecule has 0 saturated heterocycles. The maximum atomic E-state index is 6.04. The van der Waals surface area contributed by atoms with E-state index in [0.29, 0.717) is 10.9 Å². The van der Waals surface area contributed by atoms with E-state index in [9.17, 15) is 0 Å². The van der Waals surface area contributed by atoms with E-state index in [1.807, 2.05) is 14.2 Å². The van der Waals surface area contributed by atoms with Gasteiger partial charge in [0, 0.05) is 30.7 Å². The van der Waals surface area contributed by atoms with E-state index in [1.54, 1.807) is 0 Å². The molecule has 2 aliphatic carbocycles. The Balaban J connectivity index is 2.04. The second kappa shape index (κ2) is 4.12. The lowest BCUT2D eigenvalue weighted by molar-refractivity contribution is 0.178. The van der Waals surface area contributed by atoms with Crippen molar-refractivity contribution in [3.05, 3.63) is 0 Å². The summed E-state index contributed by atoms with van der Waals surface area (Å²) in [5.74, 6) is 0. The maximum absolute atomic E-state index is 6.04. The lowest BCUT2D eigenvalue weighted by Gasteiger charge is -2.49. The van der Waals surface area contributed by atoms with Gasteiger partial charge >= 0.3 is 8.56 Å². The van der Waals surface area contributed by atoms with Crippen molar-refractivity contribution in [1.82, 2.24) is 0 Å². The van der Waals surface area contributed by atoms with Crippen molar-refractivity contribution >= 4 is 20.2 Å². The van der Waals surface area contributed by atoms with Gasteiger partial charge in [-0.2, -0.15) is 0 Å². The van der Waals surface area contributed by atoms with Gasteiger partial charge < -0.3 is 8.85 Å². The lowest BCUT2D eigenvalue weighted by Crippen LogP contribution is -2.55. The summed E-state index contributed by atoms with van der Waals surface area (Å²) in [6.07, 6.45) is 6.16. The minimum absolute atomic E-state index is 0.372. The van der Waals surface area contributed by atoms with Gasteiger partial charge in [0.15, 0.2) is 0 Å². The zero-order valence-corrected chi connectivity index (χ0v) is 10.7. The van der Waals surface area contributed by atoms with E-state index in [4.69, 9.17) is 20.5 Å². The predicted molar refractivity (Wildman–Crippen MR) is 60.0 cm³/mol. The molecule has 4 heteroatoms. The molecular formula is C10H19ClO2Si. The van der Waals surface area contributed by atoms with Crippen LogP contribution < -0.4 is 0 Å². The van der Waals surface area contributed by atoms with Gasteiger partial charge in [-0.15, -0.1) is 11.6 Å². The molecule has 0 amide bonds. The van der Waals surface area contributed by atoms with E-state index in [0.717, 1.165) is 18.4 Å². The van der Waals surface area contributed by atoms with E-state index in [1.165, 1.54) is 19.3 Å². The fraction of sp³-hybridized carbons (Fsp3) is 1.00. The third kappa shape index (κ3) is 1.54. The van der Waals surface area contributed by atoms with E-state index in [2.05, 4.69) is 0 Å². The molecule has 0 radical (unpaired) electrons. The molecule has 2 nitrogen and oxygen atoms in total. The molecule has 2 rings (SSSR count). The third-order valence-corrected chi connectivity index (χ3v) is 8.92. The molecule has 0 aromatic rings. The van der Waals surface area contributed by atoms with Gasteiger partial charge in [-0.05, 0) is 25.7 Å². The standard InChI is InChI=1S/C10H19ClO2Si/c1-12-14(13-2,9-4-3-5-9)10-6-8(11)7-10/h8-10H,3-7H2,1-2H3. The average Bonchev–Trinajstić information content (AvgIpc) is 2.06. The molecule has 0 heterocycles. The Kier molecular flexibility index (Phi) is 3.22. The number of hydrogen-bond acceptors (Lipinski definition) is 2. The summed E-state index contributed by atoms with van der Waals surface area (Å²) in [7, 11) is 1.76. The Bertz CT molecular complexity index is 198. The van der Waals surface area contributed by atoms with Crippen LogP contribution in [0.3, 0.4) is 0 Å². The van der Waals surface area contributed by atoms with Gasteiger partial charge in [0.25, 0.3) is 0 Å². The molecule has 2 fully saturated rings. The topological polar surface area (TPSA) is 18.5 Å². The van der Waals surface area contributed by atoms with Crippen molar-refractivity contribution in [2.45, 2.75) is 48.6 Å². The SMILES string of the molecule is CO[Si](OC)(C1CCC1)C1CC(Cl)C1. The van der Waals surface area contributed by atoms with Crippen molar-refractivity contribution < 1.29 is 8.85 Å². The van der Waals surface area contributed by atoms with Crippen LogP contribution in [0, 0.1) is 0 Å². The molecule has 0 bridgehead atoms. The second-order valence-electron chi connectivity index (χ2n) is 4.52. The van der Waals surface area contributed by atoms with Gasteiger partial charge in [0.2, 0.25) is 0 Å². The smallest absolute Gasteiger partial charge is 0.344 e. The van der Waals surface area contributed by atoms with Crippen molar-refractivity contribution in [2.75, 3.05) is 14.2 Å². The molecule has 2 saturated carbocycles. The van der Waals surface area contributed by atoms with E-state index in [-0.39, 0.29) is 0 Å². The summed E-state index contributed by atoms with van der Waals surface area (Å²) in [5, 5.41) is 0.372. The van der Waals surface area contributed by atoms with E-state index < -0.39 is 8.56 Å². The normalized spacial score (nSPS) is 33.6. The highest BCUT2D eigenvalue weighted by molar-refractivity contribution is 6.71. The van der Waals surface area contributed by atoms with Gasteiger partial charge in [-0.3, -0.25) is 0 Å². The van der Waals surface area contributed by atoms with Crippen LogP contribution in [0.25, 0.3) is 0 Å². The van der Waals surface area contributed by atoms with Crippen LogP contribution in [0.4, 0.5) is 0 Å². The second-order valence-corrected chi connectivity index (χ2v) is 9.03. The Morgan fingerprint density at radius 2 is 1.64 bits per heavy atom. The quantitative estimate of drug-likeness (QED) is 0.550. The van der Waals surface area contributed by atoms with Crippen molar-refractivity contribution in [3.63, 3.8) is 0 Å². The fourth-order valence-corrected chi connectivity index (χ4v) is 8.11. The molecule has 0 aliphatic heterocycles. The minimum Gasteiger partial charge on any atom is -0.397 e. The third-order valence-electron chi connectivity index (χ3n) is 3.96. The van der Waals surface area contributed by atoms with E-state index >= 15 is 0 Å². The van der Waals surface area contributed by atoms with Crippen LogP contribution in [-0.2, 0) is 8.85 Å². The largest absolute Gasteiger partial charge is 0.397 e. The first-order chi connectivity index (χ1) is 6.73. The molecule has 0 aromatic carbocycles. The average molecular weight is 235 g/mol. The predicted octanol–water partition coefficient (Wildman–Crippen LogP) is 3.05. The molecule has 0 N–H and O–H groups in total. The molecule has 0 spiro atoms. The van der Waals surface area contributed by atoms with Crippen LogP contribution in [-0.4, -0.2) is 28.2 Å². The first-order valence-electron chi connectivity index (χ1n) is 5.47. The highest BCUT2D eigenvalue weighted by Gasteiger charge is 2.56. The Hall–Kier alpha value is 0.427. The Labute approximate surface area is 92.2 Å². The lowest BCUT2D eigenvalue weighted by atomic mass is 9.98. The molecule has 14 heavy (non-hydrogen) atoms. The van der Waals surface area contributed by atoms with Gasteiger partial charge in [-0.1, -0.05) is 6.42 Å². The highest BCUT2D eigenvalue weighted by Crippen LogP contribution is 2.54. The van der Waals surface area contributed by atoms with Crippen LogP contribution in [0.2, 0.25) is 11.1 Å². The fourth-order valence-electron chi connectivity index (χ4n) is 2.77. The summed E-state index contributed by atoms with van der Waals surface area (Å²) in [6.45, 7) is 0. The monoisotopic (exact) mass is 234 g/mol. The minimum atomic E-state index is -1.90.